The topological polar surface area (TPSA) is 51.2 Å². The Bertz CT molecular complexity index is 983. The molecule has 1 saturated heterocycles. The van der Waals surface area contributed by atoms with Gasteiger partial charge in [0.05, 0.1) is 12.7 Å². The Balaban J connectivity index is 1.65. The molecule has 4 aliphatic carbocycles. The number of benzene rings is 1. The molecule has 1 aromatic rings. The molecular weight excluding hydrogens is 402 g/mol. The van der Waals surface area contributed by atoms with E-state index in [-0.39, 0.29) is 28.3 Å². The zero-order valence-corrected chi connectivity index (χ0v) is 20.7. The first-order valence-electron chi connectivity index (χ1n) is 12.3. The number of likely N-dealkylation sites (tertiary alicyclic amines) is 1. The lowest BCUT2D eigenvalue weighted by Crippen LogP contribution is -2.83. The first-order chi connectivity index (χ1) is 15.0. The molecule has 2 aliphatic heterocycles. The van der Waals surface area contributed by atoms with Crippen LogP contribution in [0.25, 0.3) is 0 Å². The molecule has 3 saturated carbocycles. The van der Waals surface area contributed by atoms with Crippen LogP contribution in [0.2, 0.25) is 0 Å². The summed E-state index contributed by atoms with van der Waals surface area (Å²) in [5.74, 6) is 1.79. The summed E-state index contributed by atoms with van der Waals surface area (Å²) in [6.07, 6.45) is 5.07. The molecule has 176 valence electrons. The molecule has 1 aromatic carbocycles. The van der Waals surface area contributed by atoms with Crippen molar-refractivity contribution in [3.63, 3.8) is 0 Å². The molecule has 7 rings (SSSR count). The van der Waals surface area contributed by atoms with Crippen LogP contribution in [0.1, 0.15) is 64.5 Å². The van der Waals surface area contributed by atoms with Gasteiger partial charge in [-0.25, -0.2) is 0 Å². The van der Waals surface area contributed by atoms with Crippen LogP contribution in [-0.2, 0) is 16.6 Å². The van der Waals surface area contributed by atoms with Gasteiger partial charge in [-0.3, -0.25) is 0 Å². The molecule has 4 fully saturated rings. The third-order valence-electron chi connectivity index (χ3n) is 11.0. The van der Waals surface area contributed by atoms with E-state index in [9.17, 15) is 5.11 Å². The summed E-state index contributed by atoms with van der Waals surface area (Å²) >= 11 is 0. The second kappa shape index (κ2) is 6.03. The van der Waals surface area contributed by atoms with E-state index in [0.717, 1.165) is 50.1 Å². The van der Waals surface area contributed by atoms with Gasteiger partial charge in [-0.15, -0.1) is 0 Å². The minimum absolute atomic E-state index is 0.00253. The molecule has 5 nitrogen and oxygen atoms in total. The van der Waals surface area contributed by atoms with Gasteiger partial charge >= 0.3 is 0 Å². The van der Waals surface area contributed by atoms with Crippen molar-refractivity contribution in [1.82, 2.24) is 4.90 Å². The molecule has 6 aliphatic rings. The van der Waals surface area contributed by atoms with Crippen LogP contribution in [0.4, 0.5) is 0 Å². The summed E-state index contributed by atoms with van der Waals surface area (Å²) in [4.78, 5) is 2.60. The number of piperidine rings is 1. The van der Waals surface area contributed by atoms with Crippen molar-refractivity contribution in [3.05, 3.63) is 23.3 Å². The zero-order chi connectivity index (χ0) is 22.9. The fourth-order valence-electron chi connectivity index (χ4n) is 9.01. The van der Waals surface area contributed by atoms with E-state index in [1.165, 1.54) is 11.1 Å². The van der Waals surface area contributed by atoms with Crippen molar-refractivity contribution in [2.75, 3.05) is 27.8 Å². The highest BCUT2D eigenvalue weighted by Gasteiger charge is 2.82. The molecule has 0 amide bonds. The van der Waals surface area contributed by atoms with Crippen molar-refractivity contribution in [2.24, 2.45) is 16.7 Å². The third kappa shape index (κ3) is 2.01. The van der Waals surface area contributed by atoms with Gasteiger partial charge in [0.1, 0.15) is 11.7 Å². The second-order valence-corrected chi connectivity index (χ2v) is 12.5. The van der Waals surface area contributed by atoms with Crippen molar-refractivity contribution in [2.45, 2.75) is 88.6 Å². The quantitative estimate of drug-likeness (QED) is 0.770. The van der Waals surface area contributed by atoms with Crippen LogP contribution in [-0.4, -0.2) is 61.2 Å². The third-order valence-corrected chi connectivity index (χ3v) is 11.0. The van der Waals surface area contributed by atoms with Gasteiger partial charge in [-0.1, -0.05) is 26.8 Å². The van der Waals surface area contributed by atoms with Gasteiger partial charge in [0.2, 0.25) is 0 Å². The molecule has 2 unspecified atom stereocenters. The monoisotopic (exact) mass is 441 g/mol. The predicted octanol–water partition coefficient (Wildman–Crippen LogP) is 3.94. The van der Waals surface area contributed by atoms with Gasteiger partial charge in [-0.05, 0) is 69.7 Å². The predicted molar refractivity (Wildman–Crippen MR) is 123 cm³/mol. The fraction of sp³-hybridized carbons (Fsp3) is 0.778. The molecule has 5 heteroatoms. The maximum absolute atomic E-state index is 12.1. The standard InChI is InChI=1S/C27H39NO4/c1-23(2,3)24(4,29)18-15-25-10-11-27(18,31-7)22-26(25)12-13-28(5)19(25)14-16-8-9-17(30-6)21(32-22)20(16)26/h8-9,18-19,22,29H,10-15H2,1-7H3/t18-,19-,22-,24?,25?,26+,27+/m1/s1. The number of ether oxygens (including phenoxy) is 3. The van der Waals surface area contributed by atoms with Crippen LogP contribution in [0.5, 0.6) is 11.5 Å². The van der Waals surface area contributed by atoms with Crippen LogP contribution in [0.15, 0.2) is 12.1 Å². The molecule has 4 bridgehead atoms. The summed E-state index contributed by atoms with van der Waals surface area (Å²) < 4.78 is 19.4. The Hall–Kier alpha value is -1.30. The Morgan fingerprint density at radius 1 is 1.12 bits per heavy atom. The summed E-state index contributed by atoms with van der Waals surface area (Å²) in [6, 6.07) is 4.82. The van der Waals surface area contributed by atoms with Gasteiger partial charge < -0.3 is 24.2 Å². The highest BCUT2D eigenvalue weighted by molar-refractivity contribution is 5.63. The zero-order valence-electron chi connectivity index (χ0n) is 20.7. The number of hydrogen-bond acceptors (Lipinski definition) is 5. The lowest BCUT2D eigenvalue weighted by Gasteiger charge is -2.75. The Kier molecular flexibility index (Phi) is 4.00. The lowest BCUT2D eigenvalue weighted by molar-refractivity contribution is -0.311. The first-order valence-corrected chi connectivity index (χ1v) is 12.3. The number of hydrogen-bond donors (Lipinski definition) is 1. The Morgan fingerprint density at radius 2 is 1.88 bits per heavy atom. The van der Waals surface area contributed by atoms with Crippen molar-refractivity contribution < 1.29 is 19.3 Å². The van der Waals surface area contributed by atoms with E-state index >= 15 is 0 Å². The number of fused-ring (bicyclic) bond motifs is 2. The Morgan fingerprint density at radius 3 is 2.53 bits per heavy atom. The minimum atomic E-state index is -0.882. The number of aliphatic hydroxyl groups is 1. The summed E-state index contributed by atoms with van der Waals surface area (Å²) in [5, 5.41) is 12.1. The number of nitrogens with zero attached hydrogens (tertiary/aromatic N) is 1. The van der Waals surface area contributed by atoms with E-state index < -0.39 is 11.2 Å². The SMILES string of the molecule is COc1ccc2c3c1O[C@H]1[C@]4(OC)CCC5(C[C@@H]4C(C)(O)C(C)(C)C)[C@@H](C2)N(C)CC[C@]315. The summed E-state index contributed by atoms with van der Waals surface area (Å²) in [5.41, 5.74) is 1.17. The maximum Gasteiger partial charge on any atom is 0.165 e. The number of rotatable bonds is 3. The normalized spacial score (nSPS) is 43.4. The maximum atomic E-state index is 12.1. The van der Waals surface area contributed by atoms with E-state index in [2.05, 4.69) is 44.9 Å². The Labute approximate surface area is 192 Å². The van der Waals surface area contributed by atoms with Gasteiger partial charge in [0.15, 0.2) is 11.5 Å². The van der Waals surface area contributed by atoms with Gasteiger partial charge in [0, 0.05) is 35.5 Å². The van der Waals surface area contributed by atoms with E-state index in [1.54, 1.807) is 7.11 Å². The van der Waals surface area contributed by atoms with Gasteiger partial charge in [-0.2, -0.15) is 0 Å². The molecule has 0 radical (unpaired) electrons. The van der Waals surface area contributed by atoms with Crippen molar-refractivity contribution in [3.8, 4) is 11.5 Å². The summed E-state index contributed by atoms with van der Waals surface area (Å²) in [6.45, 7) is 9.59. The molecule has 1 N–H and O–H groups in total. The lowest BCUT2D eigenvalue weighted by atomic mass is 9.33. The molecule has 32 heavy (non-hydrogen) atoms. The first kappa shape index (κ1) is 21.2. The molecule has 2 heterocycles. The molecule has 7 atom stereocenters. The number of likely N-dealkylation sites (N-methyl/N-ethyl adjacent to an activating group) is 1. The number of methoxy groups -OCH3 is 2. The highest BCUT2D eigenvalue weighted by Crippen LogP contribution is 2.77. The second-order valence-electron chi connectivity index (χ2n) is 12.5. The summed E-state index contributed by atoms with van der Waals surface area (Å²) in [7, 11) is 5.89. The van der Waals surface area contributed by atoms with Gasteiger partial charge in [0.25, 0.3) is 0 Å². The minimum Gasteiger partial charge on any atom is -0.493 e. The molecule has 2 spiro atoms. The van der Waals surface area contributed by atoms with Crippen LogP contribution >= 0.6 is 0 Å². The van der Waals surface area contributed by atoms with Crippen molar-refractivity contribution >= 4 is 0 Å². The fourth-order valence-corrected chi connectivity index (χ4v) is 9.01. The molecular formula is C27H39NO4. The van der Waals surface area contributed by atoms with E-state index in [1.807, 2.05) is 14.0 Å². The largest absolute Gasteiger partial charge is 0.493 e. The smallest absolute Gasteiger partial charge is 0.165 e. The van der Waals surface area contributed by atoms with E-state index in [4.69, 9.17) is 14.2 Å². The van der Waals surface area contributed by atoms with Crippen molar-refractivity contribution in [1.29, 1.82) is 0 Å². The van der Waals surface area contributed by atoms with Crippen LogP contribution in [0.3, 0.4) is 0 Å². The average molecular weight is 442 g/mol. The van der Waals surface area contributed by atoms with E-state index in [0.29, 0.717) is 6.04 Å². The average Bonchev–Trinajstić information content (AvgIpc) is 3.12. The highest BCUT2D eigenvalue weighted by atomic mass is 16.6. The van der Waals surface area contributed by atoms with Crippen LogP contribution in [0, 0.1) is 16.7 Å². The molecule has 0 aromatic heterocycles. The van der Waals surface area contributed by atoms with Crippen LogP contribution < -0.4 is 9.47 Å².